The van der Waals surface area contributed by atoms with Crippen molar-refractivity contribution in [2.24, 2.45) is 0 Å². The average Bonchev–Trinajstić information content (AvgIpc) is 2.40. The van der Waals surface area contributed by atoms with Crippen LogP contribution in [-0.2, 0) is 0 Å². The van der Waals surface area contributed by atoms with E-state index in [1.807, 2.05) is 0 Å². The molecule has 1 atom stereocenters. The van der Waals surface area contributed by atoms with Gasteiger partial charge in [0.2, 0.25) is 0 Å². The van der Waals surface area contributed by atoms with E-state index < -0.39 is 23.1 Å². The molecule has 1 unspecified atom stereocenters. The number of benzene rings is 1. The molecule has 1 aliphatic rings. The minimum absolute atomic E-state index is 0.265. The first kappa shape index (κ1) is 17.5. The Morgan fingerprint density at radius 1 is 1.35 bits per heavy atom. The maximum atomic E-state index is 12.6. The van der Waals surface area contributed by atoms with Crippen molar-refractivity contribution in [1.82, 2.24) is 4.90 Å². The van der Waals surface area contributed by atoms with Crippen LogP contribution in [0, 0.1) is 0 Å². The second-order valence-corrected chi connectivity index (χ2v) is 6.53. The maximum Gasteiger partial charge on any atom is 0.454 e. The van der Waals surface area contributed by atoms with Gasteiger partial charge in [0.05, 0.1) is 5.60 Å². The quantitative estimate of drug-likeness (QED) is 0.868. The van der Waals surface area contributed by atoms with E-state index >= 15 is 0 Å². The maximum absolute atomic E-state index is 12.6. The summed E-state index contributed by atoms with van der Waals surface area (Å²) in [4.78, 5) is 25.0. The molecule has 1 aromatic rings. The highest BCUT2D eigenvalue weighted by atomic mass is 19.4. The van der Waals surface area contributed by atoms with Crippen molar-refractivity contribution in [3.05, 3.63) is 34.9 Å². The van der Waals surface area contributed by atoms with Crippen LogP contribution in [0.25, 0.3) is 0 Å². The third-order valence-electron chi connectivity index (χ3n) is 3.83. The van der Waals surface area contributed by atoms with Gasteiger partial charge in [-0.05, 0) is 38.0 Å². The zero-order chi connectivity index (χ0) is 17.6. The second-order valence-electron chi connectivity index (χ2n) is 6.53. The summed E-state index contributed by atoms with van der Waals surface area (Å²) >= 11 is 0. The number of alkyl halides is 3. The van der Waals surface area contributed by atoms with Crippen LogP contribution < -0.4 is 0 Å². The molecule has 126 valence electrons. The van der Waals surface area contributed by atoms with Crippen LogP contribution in [-0.4, -0.2) is 47.1 Å². The van der Waals surface area contributed by atoms with Crippen LogP contribution in [0.5, 0.6) is 0 Å². The monoisotopic (exact) mass is 329 g/mol. The highest BCUT2D eigenvalue weighted by Gasteiger charge is 2.40. The Morgan fingerprint density at radius 3 is 2.48 bits per heavy atom. The van der Waals surface area contributed by atoms with Gasteiger partial charge in [-0.1, -0.05) is 6.07 Å². The van der Waals surface area contributed by atoms with Crippen LogP contribution in [0.4, 0.5) is 13.2 Å². The van der Waals surface area contributed by atoms with E-state index in [0.29, 0.717) is 5.56 Å². The van der Waals surface area contributed by atoms with Gasteiger partial charge in [0.25, 0.3) is 11.7 Å². The van der Waals surface area contributed by atoms with E-state index in [1.165, 1.54) is 11.0 Å². The second kappa shape index (κ2) is 5.63. The van der Waals surface area contributed by atoms with E-state index in [-0.39, 0.29) is 30.4 Å². The molecule has 0 aliphatic carbocycles. The fourth-order valence-corrected chi connectivity index (χ4v) is 2.90. The Kier molecular flexibility index (Phi) is 4.28. The van der Waals surface area contributed by atoms with Crippen LogP contribution in [0.1, 0.15) is 52.5 Å². The van der Waals surface area contributed by atoms with Gasteiger partial charge < -0.3 is 10.0 Å². The van der Waals surface area contributed by atoms with E-state index in [4.69, 9.17) is 0 Å². The first-order valence-electron chi connectivity index (χ1n) is 7.13. The van der Waals surface area contributed by atoms with Gasteiger partial charge in [-0.25, -0.2) is 0 Å². The number of Topliss-reactive ketones (excluding diaryl/α,β-unsaturated/α-hetero) is 1. The van der Waals surface area contributed by atoms with Crippen LogP contribution in [0.2, 0.25) is 0 Å². The zero-order valence-corrected chi connectivity index (χ0v) is 13.1. The molecular weight excluding hydrogens is 311 g/mol. The first-order valence-corrected chi connectivity index (χ1v) is 7.13. The van der Waals surface area contributed by atoms with Gasteiger partial charge in [0.15, 0.2) is 0 Å². The molecule has 2 rings (SSSR count). The number of halogens is 3. The van der Waals surface area contributed by atoms with Crippen LogP contribution in [0.3, 0.4) is 0 Å². The standard InChI is InChI=1S/C16H18F3NO3/c1-15(2,23)7-10-8-20(3)14(22)11-5-4-9(6-12(10)11)13(21)16(17,18)19/h4-6,10,23H,7-8H2,1-3H3. The van der Waals surface area contributed by atoms with E-state index in [0.717, 1.165) is 12.1 Å². The van der Waals surface area contributed by atoms with E-state index in [2.05, 4.69) is 0 Å². The number of ketones is 1. The molecule has 1 heterocycles. The van der Waals surface area contributed by atoms with Gasteiger partial charge in [0, 0.05) is 30.6 Å². The lowest BCUT2D eigenvalue weighted by molar-refractivity contribution is -0.0885. The number of likely N-dealkylation sites (N-methyl/N-ethyl adjacent to an activating group) is 1. The Labute approximate surface area is 131 Å². The summed E-state index contributed by atoms with van der Waals surface area (Å²) in [6, 6.07) is 3.41. The van der Waals surface area contributed by atoms with Gasteiger partial charge >= 0.3 is 6.18 Å². The summed E-state index contributed by atoms with van der Waals surface area (Å²) in [5.41, 5.74) is -0.890. The van der Waals surface area contributed by atoms with Gasteiger partial charge in [-0.15, -0.1) is 0 Å². The largest absolute Gasteiger partial charge is 0.454 e. The summed E-state index contributed by atoms with van der Waals surface area (Å²) in [5.74, 6) is -2.58. The molecule has 0 saturated carbocycles. The number of amides is 1. The number of fused-ring (bicyclic) bond motifs is 1. The summed E-state index contributed by atoms with van der Waals surface area (Å²) in [7, 11) is 1.59. The Hall–Kier alpha value is -1.89. The van der Waals surface area contributed by atoms with Crippen molar-refractivity contribution >= 4 is 11.7 Å². The fourth-order valence-electron chi connectivity index (χ4n) is 2.90. The van der Waals surface area contributed by atoms with Gasteiger partial charge in [-0.3, -0.25) is 9.59 Å². The minimum atomic E-state index is -4.96. The summed E-state index contributed by atoms with van der Waals surface area (Å²) in [5, 5.41) is 10.0. The third-order valence-corrected chi connectivity index (χ3v) is 3.83. The zero-order valence-electron chi connectivity index (χ0n) is 13.1. The third kappa shape index (κ3) is 3.72. The number of hydrogen-bond donors (Lipinski definition) is 1. The highest BCUT2D eigenvalue weighted by Crippen LogP contribution is 2.35. The van der Waals surface area contributed by atoms with Crippen molar-refractivity contribution in [3.63, 3.8) is 0 Å². The average molecular weight is 329 g/mol. The Balaban J connectivity index is 2.49. The molecule has 0 radical (unpaired) electrons. The van der Waals surface area contributed by atoms with Crippen molar-refractivity contribution < 1.29 is 27.9 Å². The molecule has 1 N–H and O–H groups in total. The van der Waals surface area contributed by atoms with Crippen molar-refractivity contribution in [1.29, 1.82) is 0 Å². The fraction of sp³-hybridized carbons (Fsp3) is 0.500. The van der Waals surface area contributed by atoms with Gasteiger partial charge in [-0.2, -0.15) is 13.2 Å². The molecule has 0 bridgehead atoms. The van der Waals surface area contributed by atoms with Crippen LogP contribution >= 0.6 is 0 Å². The molecule has 23 heavy (non-hydrogen) atoms. The van der Waals surface area contributed by atoms with Crippen molar-refractivity contribution in [2.45, 2.75) is 38.0 Å². The topological polar surface area (TPSA) is 57.6 Å². The molecule has 1 aliphatic heterocycles. The minimum Gasteiger partial charge on any atom is -0.390 e. The van der Waals surface area contributed by atoms with Gasteiger partial charge in [0.1, 0.15) is 0 Å². The number of hydrogen-bond acceptors (Lipinski definition) is 3. The lowest BCUT2D eigenvalue weighted by Crippen LogP contribution is -2.39. The van der Waals surface area contributed by atoms with Crippen molar-refractivity contribution in [3.8, 4) is 0 Å². The molecule has 0 aromatic heterocycles. The molecule has 1 aromatic carbocycles. The summed E-state index contributed by atoms with van der Waals surface area (Å²) < 4.78 is 37.8. The molecular formula is C16H18F3NO3. The Morgan fingerprint density at radius 2 is 1.96 bits per heavy atom. The SMILES string of the molecule is CN1CC(CC(C)(C)O)c2cc(C(=O)C(F)(F)F)ccc2C1=O. The predicted molar refractivity (Wildman–Crippen MR) is 77.4 cm³/mol. The summed E-state index contributed by atoms with van der Waals surface area (Å²) in [6.45, 7) is 3.46. The predicted octanol–water partition coefficient (Wildman–Crippen LogP) is 2.76. The molecule has 4 nitrogen and oxygen atoms in total. The molecule has 0 spiro atoms. The lowest BCUT2D eigenvalue weighted by atomic mass is 9.81. The first-order chi connectivity index (χ1) is 10.4. The Bertz CT molecular complexity index is 647. The number of nitrogens with zero attached hydrogens (tertiary/aromatic N) is 1. The number of carbonyl (C=O) groups is 2. The smallest absolute Gasteiger partial charge is 0.390 e. The van der Waals surface area contributed by atoms with E-state index in [1.54, 1.807) is 20.9 Å². The molecule has 1 amide bonds. The number of rotatable bonds is 3. The summed E-state index contributed by atoms with van der Waals surface area (Å²) in [6.07, 6.45) is -4.70. The molecule has 0 fully saturated rings. The normalized spacial score (nSPS) is 18.8. The van der Waals surface area contributed by atoms with E-state index in [9.17, 15) is 27.9 Å². The van der Waals surface area contributed by atoms with Crippen molar-refractivity contribution in [2.75, 3.05) is 13.6 Å². The molecule has 7 heteroatoms. The number of aliphatic hydroxyl groups is 1. The lowest BCUT2D eigenvalue weighted by Gasteiger charge is -2.35. The van der Waals surface area contributed by atoms with Crippen LogP contribution in [0.15, 0.2) is 18.2 Å². The number of carbonyl (C=O) groups excluding carboxylic acids is 2. The molecule has 0 saturated heterocycles. The highest BCUT2D eigenvalue weighted by molar-refractivity contribution is 6.03.